The number of carbonyl (C=O) groups is 1. The Morgan fingerprint density at radius 1 is 1.36 bits per heavy atom. The van der Waals surface area contributed by atoms with Gasteiger partial charge in [0.2, 0.25) is 0 Å². The van der Waals surface area contributed by atoms with E-state index in [-0.39, 0.29) is 5.01 Å². The SMILES string of the molecule is O=C(c1ccccc1OC(F)F)N1N=CC[C@]1(O)C(F)(F)F. The van der Waals surface area contributed by atoms with Gasteiger partial charge in [0, 0.05) is 12.6 Å². The van der Waals surface area contributed by atoms with Gasteiger partial charge < -0.3 is 9.84 Å². The van der Waals surface area contributed by atoms with E-state index in [1.807, 2.05) is 0 Å². The zero-order valence-corrected chi connectivity index (χ0v) is 10.7. The summed E-state index contributed by atoms with van der Waals surface area (Å²) in [5.74, 6) is -2.03. The minimum absolute atomic E-state index is 0.194. The van der Waals surface area contributed by atoms with E-state index in [0.717, 1.165) is 12.1 Å². The average molecular weight is 324 g/mol. The molecule has 1 atom stereocenters. The third-order valence-electron chi connectivity index (χ3n) is 2.90. The number of benzene rings is 1. The van der Waals surface area contributed by atoms with Gasteiger partial charge in [-0.05, 0) is 12.1 Å². The van der Waals surface area contributed by atoms with E-state index in [9.17, 15) is 31.9 Å². The van der Waals surface area contributed by atoms with Crippen molar-refractivity contribution in [3.05, 3.63) is 29.8 Å². The average Bonchev–Trinajstić information content (AvgIpc) is 2.81. The van der Waals surface area contributed by atoms with E-state index in [1.165, 1.54) is 12.1 Å². The second-order valence-corrected chi connectivity index (χ2v) is 4.31. The number of carbonyl (C=O) groups excluding carboxylic acids is 1. The zero-order valence-electron chi connectivity index (χ0n) is 10.7. The van der Waals surface area contributed by atoms with E-state index in [1.54, 1.807) is 0 Å². The molecule has 0 bridgehead atoms. The number of alkyl halides is 5. The van der Waals surface area contributed by atoms with Crippen LogP contribution in [0.2, 0.25) is 0 Å². The van der Waals surface area contributed by atoms with Crippen molar-refractivity contribution in [1.82, 2.24) is 5.01 Å². The first-order valence-electron chi connectivity index (χ1n) is 5.87. The summed E-state index contributed by atoms with van der Waals surface area (Å²) in [7, 11) is 0. The Balaban J connectivity index is 2.38. The van der Waals surface area contributed by atoms with Gasteiger partial charge in [0.1, 0.15) is 5.75 Å². The van der Waals surface area contributed by atoms with Crippen LogP contribution in [0.1, 0.15) is 16.8 Å². The summed E-state index contributed by atoms with van der Waals surface area (Å²) < 4.78 is 67.4. The summed E-state index contributed by atoms with van der Waals surface area (Å²) in [5, 5.41) is 12.7. The molecule has 0 fully saturated rings. The molecule has 0 saturated heterocycles. The van der Waals surface area contributed by atoms with Crippen LogP contribution in [0.5, 0.6) is 5.75 Å². The molecule has 1 N–H and O–H groups in total. The summed E-state index contributed by atoms with van der Waals surface area (Å²) in [6.07, 6.45) is -5.42. The molecule has 1 aliphatic heterocycles. The van der Waals surface area contributed by atoms with Crippen molar-refractivity contribution in [2.45, 2.75) is 24.9 Å². The second kappa shape index (κ2) is 5.52. The van der Waals surface area contributed by atoms with Crippen LogP contribution in [0, 0.1) is 0 Å². The molecule has 1 aromatic rings. The molecule has 0 aromatic heterocycles. The molecule has 5 nitrogen and oxygen atoms in total. The minimum Gasteiger partial charge on any atom is -0.434 e. The smallest absolute Gasteiger partial charge is 0.434 e. The topological polar surface area (TPSA) is 62.1 Å². The molecule has 0 aliphatic carbocycles. The van der Waals surface area contributed by atoms with Gasteiger partial charge in [-0.15, -0.1) is 0 Å². The van der Waals surface area contributed by atoms with Crippen molar-refractivity contribution in [3.8, 4) is 5.75 Å². The fraction of sp³-hybridized carbons (Fsp3) is 0.333. The highest BCUT2D eigenvalue weighted by molar-refractivity contribution is 5.98. The predicted molar refractivity (Wildman–Crippen MR) is 63.4 cm³/mol. The number of rotatable bonds is 3. The molecule has 10 heteroatoms. The molecule has 0 spiro atoms. The maximum absolute atomic E-state index is 12.9. The lowest BCUT2D eigenvalue weighted by atomic mass is 10.1. The highest BCUT2D eigenvalue weighted by Gasteiger charge is 2.61. The van der Waals surface area contributed by atoms with Gasteiger partial charge in [-0.25, -0.2) is 0 Å². The molecule has 1 aliphatic rings. The number of aliphatic hydroxyl groups is 1. The molecule has 0 radical (unpaired) electrons. The van der Waals surface area contributed by atoms with Crippen LogP contribution in [0.3, 0.4) is 0 Å². The maximum Gasteiger partial charge on any atom is 0.438 e. The minimum atomic E-state index is -5.17. The Kier molecular flexibility index (Phi) is 4.05. The number of amides is 1. The Hall–Kier alpha value is -2.23. The van der Waals surface area contributed by atoms with Gasteiger partial charge in [-0.2, -0.15) is 32.1 Å². The number of halogens is 5. The van der Waals surface area contributed by atoms with E-state index < -0.39 is 42.2 Å². The van der Waals surface area contributed by atoms with Gasteiger partial charge in [0.15, 0.2) is 0 Å². The van der Waals surface area contributed by atoms with E-state index in [4.69, 9.17) is 0 Å². The molecule has 120 valence electrons. The lowest BCUT2D eigenvalue weighted by Gasteiger charge is -2.32. The van der Waals surface area contributed by atoms with Crippen molar-refractivity contribution in [3.63, 3.8) is 0 Å². The molecule has 22 heavy (non-hydrogen) atoms. The summed E-state index contributed by atoms with van der Waals surface area (Å²) in [5.41, 5.74) is -4.10. The van der Waals surface area contributed by atoms with Crippen LogP contribution in [0.4, 0.5) is 22.0 Å². The molecule has 0 unspecified atom stereocenters. The van der Waals surface area contributed by atoms with E-state index in [2.05, 4.69) is 9.84 Å². The molecule has 0 saturated carbocycles. The summed E-state index contributed by atoms with van der Waals surface area (Å²) in [6, 6.07) is 4.49. The number of nitrogens with zero attached hydrogens (tertiary/aromatic N) is 2. The van der Waals surface area contributed by atoms with Crippen LogP contribution in [0.25, 0.3) is 0 Å². The highest BCUT2D eigenvalue weighted by Crippen LogP contribution is 2.40. The van der Waals surface area contributed by atoms with Gasteiger partial charge in [-0.1, -0.05) is 12.1 Å². The fourth-order valence-electron chi connectivity index (χ4n) is 1.84. The number of ether oxygens (including phenoxy) is 1. The predicted octanol–water partition coefficient (Wildman–Crippen LogP) is 2.37. The van der Waals surface area contributed by atoms with Crippen LogP contribution in [-0.4, -0.2) is 40.8 Å². The molecule has 2 rings (SSSR count). The zero-order chi connectivity index (χ0) is 16.5. The van der Waals surface area contributed by atoms with Crippen LogP contribution < -0.4 is 4.74 Å². The normalized spacial score (nSPS) is 21.5. The lowest BCUT2D eigenvalue weighted by molar-refractivity contribution is -0.297. The number of hydrogen-bond acceptors (Lipinski definition) is 4. The first-order chi connectivity index (χ1) is 10.2. The highest BCUT2D eigenvalue weighted by atomic mass is 19.4. The monoisotopic (exact) mass is 324 g/mol. The van der Waals surface area contributed by atoms with Gasteiger partial charge in [-0.3, -0.25) is 4.79 Å². The molecule has 1 heterocycles. The number of hydrazone groups is 1. The fourth-order valence-corrected chi connectivity index (χ4v) is 1.84. The van der Waals surface area contributed by atoms with Crippen molar-refractivity contribution < 1.29 is 36.6 Å². The molecule has 1 amide bonds. The molecular weight excluding hydrogens is 315 g/mol. The molecular formula is C12H9F5N2O3. The number of para-hydroxylation sites is 1. The first kappa shape index (κ1) is 16.1. The van der Waals surface area contributed by atoms with E-state index >= 15 is 0 Å². The first-order valence-corrected chi connectivity index (χ1v) is 5.87. The van der Waals surface area contributed by atoms with Crippen molar-refractivity contribution in [2.24, 2.45) is 5.10 Å². The summed E-state index contributed by atoms with van der Waals surface area (Å²) >= 11 is 0. The van der Waals surface area contributed by atoms with E-state index in [0.29, 0.717) is 6.21 Å². The van der Waals surface area contributed by atoms with Gasteiger partial charge in [0.25, 0.3) is 11.6 Å². The van der Waals surface area contributed by atoms with Crippen LogP contribution in [-0.2, 0) is 0 Å². The Bertz CT molecular complexity index is 605. The lowest BCUT2D eigenvalue weighted by Crippen LogP contribution is -2.56. The largest absolute Gasteiger partial charge is 0.438 e. The Morgan fingerprint density at radius 2 is 2.00 bits per heavy atom. The van der Waals surface area contributed by atoms with Gasteiger partial charge in [0.05, 0.1) is 5.56 Å². The quantitative estimate of drug-likeness (QED) is 0.868. The van der Waals surface area contributed by atoms with Crippen LogP contribution >= 0.6 is 0 Å². The van der Waals surface area contributed by atoms with Crippen molar-refractivity contribution in [2.75, 3.05) is 0 Å². The molecule has 1 aromatic carbocycles. The Labute approximate surface area is 120 Å². The third kappa shape index (κ3) is 2.73. The van der Waals surface area contributed by atoms with Crippen molar-refractivity contribution >= 4 is 12.1 Å². The van der Waals surface area contributed by atoms with Crippen molar-refractivity contribution in [1.29, 1.82) is 0 Å². The summed E-state index contributed by atoms with van der Waals surface area (Å²) in [6.45, 7) is -3.27. The number of hydrogen-bond donors (Lipinski definition) is 1. The standard InChI is InChI=1S/C12H9F5N2O3/c13-10(14)22-8-4-2-1-3-7(8)9(20)19-11(21,5-6-18-19)12(15,16)17/h1-4,6,10,21H,5H2/t11-/m0/s1. The maximum atomic E-state index is 12.9. The van der Waals surface area contributed by atoms with Crippen LogP contribution in [0.15, 0.2) is 29.4 Å². The summed E-state index contributed by atoms with van der Waals surface area (Å²) in [4.78, 5) is 12.1. The third-order valence-corrected chi connectivity index (χ3v) is 2.90. The Morgan fingerprint density at radius 3 is 2.59 bits per heavy atom. The van der Waals surface area contributed by atoms with Gasteiger partial charge >= 0.3 is 12.8 Å². The second-order valence-electron chi connectivity index (χ2n) is 4.31.